The first kappa shape index (κ1) is 23.6. The molecule has 2 aliphatic rings. The number of nitriles is 1. The monoisotopic (exact) mass is 480 g/mol. The van der Waals surface area contributed by atoms with Crippen LogP contribution in [-0.4, -0.2) is 29.9 Å². The second-order valence-corrected chi connectivity index (χ2v) is 9.15. The number of nitrogens with zero attached hydrogens (tertiary/aromatic N) is 2. The molecule has 2 N–H and O–H groups in total. The number of carbonyl (C=O) groups excluding carboxylic acids is 3. The summed E-state index contributed by atoms with van der Waals surface area (Å²) < 4.78 is 5.99. The lowest BCUT2D eigenvalue weighted by Crippen LogP contribution is -2.47. The van der Waals surface area contributed by atoms with Gasteiger partial charge in [-0.15, -0.1) is 0 Å². The molecular formula is C25H25ClN4O4. The zero-order valence-electron chi connectivity index (χ0n) is 19.0. The largest absolute Gasteiger partial charge is 0.475 e. The number of benzene rings is 2. The van der Waals surface area contributed by atoms with Crippen LogP contribution in [0, 0.1) is 17.2 Å². The Morgan fingerprint density at radius 3 is 2.32 bits per heavy atom. The summed E-state index contributed by atoms with van der Waals surface area (Å²) in [5.41, 5.74) is 1.36. The zero-order valence-corrected chi connectivity index (χ0v) is 19.7. The van der Waals surface area contributed by atoms with Crippen molar-refractivity contribution in [3.05, 3.63) is 47.0 Å². The normalized spacial score (nSPS) is 16.2. The highest BCUT2D eigenvalue weighted by molar-refractivity contribution is 6.32. The van der Waals surface area contributed by atoms with Crippen molar-refractivity contribution in [3.8, 4) is 11.8 Å². The molecule has 1 atom stereocenters. The zero-order chi connectivity index (χ0) is 24.5. The summed E-state index contributed by atoms with van der Waals surface area (Å²) in [5, 5.41) is 14.8. The van der Waals surface area contributed by atoms with Crippen molar-refractivity contribution < 1.29 is 19.1 Å². The molecule has 0 bridgehead atoms. The summed E-state index contributed by atoms with van der Waals surface area (Å²) in [6.45, 7) is 4.30. The molecule has 1 saturated carbocycles. The first-order chi connectivity index (χ1) is 16.2. The average Bonchev–Trinajstić information content (AvgIpc) is 3.55. The van der Waals surface area contributed by atoms with E-state index in [-0.39, 0.29) is 41.5 Å². The maximum atomic E-state index is 12.6. The standard InChI is InChI=1S/C25H25ClN4O4/c1-3-30-20-7-6-18(13-21(20)34-25(8-9-25)24(30)33)29-23(32)11-15(2)10-22(31)28-17-5-4-16(14-27)19(26)12-17/h4-7,12-13,15H,3,8-11H2,1-2H3,(H,28,31)(H,29,32). The molecule has 1 unspecified atom stereocenters. The SMILES string of the molecule is CCN1C(=O)C2(CC2)Oc2cc(NC(=O)CC(C)CC(=O)Nc3ccc(C#N)c(Cl)c3)ccc21. The van der Waals surface area contributed by atoms with Crippen LogP contribution >= 0.6 is 11.6 Å². The van der Waals surface area contributed by atoms with E-state index in [9.17, 15) is 14.4 Å². The Morgan fingerprint density at radius 2 is 1.76 bits per heavy atom. The Balaban J connectivity index is 1.32. The number of ether oxygens (including phenoxy) is 1. The highest BCUT2D eigenvalue weighted by Crippen LogP contribution is 2.49. The number of carbonyl (C=O) groups is 3. The molecule has 1 heterocycles. The van der Waals surface area contributed by atoms with Gasteiger partial charge in [0.15, 0.2) is 5.60 Å². The third-order valence-corrected chi connectivity index (χ3v) is 6.25. The Hall–Kier alpha value is -3.57. The molecule has 34 heavy (non-hydrogen) atoms. The van der Waals surface area contributed by atoms with E-state index in [4.69, 9.17) is 21.6 Å². The Bertz CT molecular complexity index is 1200. The summed E-state index contributed by atoms with van der Waals surface area (Å²) in [6.07, 6.45) is 1.71. The van der Waals surface area contributed by atoms with Crippen molar-refractivity contribution >= 4 is 46.4 Å². The first-order valence-corrected chi connectivity index (χ1v) is 11.6. The van der Waals surface area contributed by atoms with Crippen LogP contribution < -0.4 is 20.3 Å². The van der Waals surface area contributed by atoms with E-state index < -0.39 is 5.60 Å². The molecule has 1 fully saturated rings. The number of likely N-dealkylation sites (N-methyl/N-ethyl adjacent to an activating group) is 1. The molecule has 0 aromatic heterocycles. The fraction of sp³-hybridized carbons (Fsp3) is 0.360. The number of anilines is 3. The third kappa shape index (κ3) is 4.85. The summed E-state index contributed by atoms with van der Waals surface area (Å²) in [5.74, 6) is -0.0880. The molecule has 2 aromatic carbocycles. The van der Waals surface area contributed by atoms with Gasteiger partial charge in [0.25, 0.3) is 5.91 Å². The number of hydrogen-bond donors (Lipinski definition) is 2. The molecule has 2 aromatic rings. The molecule has 9 heteroatoms. The van der Waals surface area contributed by atoms with Crippen LogP contribution in [0.25, 0.3) is 0 Å². The lowest BCUT2D eigenvalue weighted by Gasteiger charge is -2.34. The van der Waals surface area contributed by atoms with Crippen molar-refractivity contribution in [2.24, 2.45) is 5.92 Å². The quantitative estimate of drug-likeness (QED) is 0.606. The fourth-order valence-electron chi connectivity index (χ4n) is 4.06. The highest BCUT2D eigenvalue weighted by atomic mass is 35.5. The van der Waals surface area contributed by atoms with Crippen molar-refractivity contribution in [1.82, 2.24) is 0 Å². The highest BCUT2D eigenvalue weighted by Gasteiger charge is 2.57. The lowest BCUT2D eigenvalue weighted by atomic mass is 10.0. The molecule has 0 saturated heterocycles. The summed E-state index contributed by atoms with van der Waals surface area (Å²) in [6, 6.07) is 11.9. The van der Waals surface area contributed by atoms with E-state index >= 15 is 0 Å². The lowest BCUT2D eigenvalue weighted by molar-refractivity contribution is -0.128. The number of nitrogens with one attached hydrogen (secondary N) is 2. The van der Waals surface area contributed by atoms with Gasteiger partial charge in [0.05, 0.1) is 16.3 Å². The van der Waals surface area contributed by atoms with Gasteiger partial charge < -0.3 is 20.3 Å². The predicted octanol–water partition coefficient (Wildman–Crippen LogP) is 4.48. The Morgan fingerprint density at radius 1 is 1.15 bits per heavy atom. The minimum Gasteiger partial charge on any atom is -0.475 e. The second kappa shape index (κ2) is 9.35. The average molecular weight is 481 g/mol. The smallest absolute Gasteiger partial charge is 0.271 e. The predicted molar refractivity (Wildman–Crippen MR) is 129 cm³/mol. The number of halogens is 1. The van der Waals surface area contributed by atoms with Gasteiger partial charge in [0.2, 0.25) is 11.8 Å². The van der Waals surface area contributed by atoms with E-state index in [0.29, 0.717) is 47.8 Å². The van der Waals surface area contributed by atoms with Crippen LogP contribution in [-0.2, 0) is 14.4 Å². The van der Waals surface area contributed by atoms with Crippen LogP contribution in [0.2, 0.25) is 5.02 Å². The van der Waals surface area contributed by atoms with E-state index in [1.807, 2.05) is 19.9 Å². The third-order valence-electron chi connectivity index (χ3n) is 5.94. The fourth-order valence-corrected chi connectivity index (χ4v) is 4.29. The van der Waals surface area contributed by atoms with Crippen molar-refractivity contribution in [1.29, 1.82) is 5.26 Å². The maximum Gasteiger partial charge on any atom is 0.271 e. The molecule has 1 spiro atoms. The van der Waals surface area contributed by atoms with Crippen LogP contribution in [0.4, 0.5) is 17.1 Å². The molecule has 1 aliphatic heterocycles. The van der Waals surface area contributed by atoms with Crippen molar-refractivity contribution in [3.63, 3.8) is 0 Å². The van der Waals surface area contributed by atoms with E-state index in [1.54, 1.807) is 29.2 Å². The Labute approximate surface area is 202 Å². The van der Waals surface area contributed by atoms with Gasteiger partial charge in [-0.3, -0.25) is 14.4 Å². The molecular weight excluding hydrogens is 456 g/mol. The first-order valence-electron chi connectivity index (χ1n) is 11.2. The van der Waals surface area contributed by atoms with Gasteiger partial charge in [-0.2, -0.15) is 5.26 Å². The molecule has 8 nitrogen and oxygen atoms in total. The maximum absolute atomic E-state index is 12.6. The van der Waals surface area contributed by atoms with Crippen LogP contribution in [0.1, 0.15) is 45.1 Å². The van der Waals surface area contributed by atoms with Crippen LogP contribution in [0.5, 0.6) is 5.75 Å². The molecule has 3 amide bonds. The Kier molecular flexibility index (Phi) is 6.49. The minimum atomic E-state index is -0.743. The van der Waals surface area contributed by atoms with E-state index in [2.05, 4.69) is 10.6 Å². The summed E-state index contributed by atoms with van der Waals surface area (Å²) in [4.78, 5) is 39.2. The summed E-state index contributed by atoms with van der Waals surface area (Å²) in [7, 11) is 0. The van der Waals surface area contributed by atoms with Gasteiger partial charge in [0, 0.05) is 49.7 Å². The molecule has 0 radical (unpaired) electrons. The van der Waals surface area contributed by atoms with Gasteiger partial charge in [0.1, 0.15) is 11.8 Å². The van der Waals surface area contributed by atoms with Gasteiger partial charge in [-0.05, 0) is 43.2 Å². The van der Waals surface area contributed by atoms with Gasteiger partial charge in [-0.25, -0.2) is 0 Å². The second-order valence-electron chi connectivity index (χ2n) is 8.74. The molecule has 1 aliphatic carbocycles. The minimum absolute atomic E-state index is 0.00494. The van der Waals surface area contributed by atoms with Crippen molar-refractivity contribution in [2.45, 2.75) is 45.1 Å². The van der Waals surface area contributed by atoms with E-state index in [0.717, 1.165) is 0 Å². The van der Waals surface area contributed by atoms with Crippen LogP contribution in [0.15, 0.2) is 36.4 Å². The number of amides is 3. The topological polar surface area (TPSA) is 112 Å². The number of rotatable bonds is 7. The van der Waals surface area contributed by atoms with Crippen LogP contribution in [0.3, 0.4) is 0 Å². The summed E-state index contributed by atoms with van der Waals surface area (Å²) >= 11 is 6.00. The van der Waals surface area contributed by atoms with Gasteiger partial charge in [-0.1, -0.05) is 18.5 Å². The number of hydrogen-bond acceptors (Lipinski definition) is 5. The number of fused-ring (bicyclic) bond motifs is 1. The molecule has 176 valence electrons. The molecule has 4 rings (SSSR count). The van der Waals surface area contributed by atoms with Gasteiger partial charge >= 0.3 is 0 Å². The van der Waals surface area contributed by atoms with Crippen molar-refractivity contribution in [2.75, 3.05) is 22.1 Å². The van der Waals surface area contributed by atoms with E-state index in [1.165, 1.54) is 12.1 Å².